The summed E-state index contributed by atoms with van der Waals surface area (Å²) < 4.78 is 1.83. The molecule has 0 saturated heterocycles. The molecule has 0 N–H and O–H groups in total. The van der Waals surface area contributed by atoms with Crippen molar-refractivity contribution in [2.45, 2.75) is 45.8 Å². The number of para-hydroxylation sites is 1. The SMILES string of the molecule is Cc1c([Si](C)(C)C(C)(C)C)n(-c2ccccc2)n[n+]1[O-]. The maximum Gasteiger partial charge on any atom is 0.167 e. The van der Waals surface area contributed by atoms with Crippen molar-refractivity contribution < 1.29 is 4.85 Å². The summed E-state index contributed by atoms with van der Waals surface area (Å²) in [6.45, 7) is 13.2. The summed E-state index contributed by atoms with van der Waals surface area (Å²) in [4.78, 5) is 0.753. The van der Waals surface area contributed by atoms with Gasteiger partial charge in [-0.1, -0.05) is 52.1 Å². The molecule has 108 valence electrons. The molecule has 0 radical (unpaired) electrons. The van der Waals surface area contributed by atoms with Crippen LogP contribution in [0.1, 0.15) is 26.5 Å². The van der Waals surface area contributed by atoms with E-state index in [1.807, 2.05) is 41.9 Å². The van der Waals surface area contributed by atoms with E-state index in [0.717, 1.165) is 21.5 Å². The smallest absolute Gasteiger partial charge is 0.167 e. The molecule has 1 aromatic carbocycles. The molecule has 0 bridgehead atoms. The maximum atomic E-state index is 12.0. The van der Waals surface area contributed by atoms with E-state index in [-0.39, 0.29) is 5.04 Å². The van der Waals surface area contributed by atoms with E-state index >= 15 is 0 Å². The fourth-order valence-electron chi connectivity index (χ4n) is 2.26. The van der Waals surface area contributed by atoms with Crippen LogP contribution in [-0.2, 0) is 0 Å². The number of aromatic nitrogens is 3. The molecule has 0 aliphatic carbocycles. The van der Waals surface area contributed by atoms with E-state index < -0.39 is 8.07 Å². The molecular formula is C15H23N3OSi. The Kier molecular flexibility index (Phi) is 3.50. The van der Waals surface area contributed by atoms with Gasteiger partial charge in [0.1, 0.15) is 8.07 Å². The Hall–Kier alpha value is -1.62. The van der Waals surface area contributed by atoms with Crippen molar-refractivity contribution in [1.82, 2.24) is 9.90 Å². The van der Waals surface area contributed by atoms with E-state index in [9.17, 15) is 5.21 Å². The van der Waals surface area contributed by atoms with Crippen molar-refractivity contribution in [3.05, 3.63) is 41.2 Å². The summed E-state index contributed by atoms with van der Waals surface area (Å²) in [6, 6.07) is 9.89. The minimum Gasteiger partial charge on any atom is -0.691 e. The first-order chi connectivity index (χ1) is 9.16. The van der Waals surface area contributed by atoms with Crippen LogP contribution in [0.2, 0.25) is 18.1 Å². The summed E-state index contributed by atoms with van der Waals surface area (Å²) in [5, 5.41) is 17.4. The molecule has 0 atom stereocenters. The van der Waals surface area contributed by atoms with Gasteiger partial charge >= 0.3 is 0 Å². The molecule has 2 rings (SSSR count). The first kappa shape index (κ1) is 14.8. The number of hydrogen-bond donors (Lipinski definition) is 0. The van der Waals surface area contributed by atoms with E-state index in [0.29, 0.717) is 0 Å². The van der Waals surface area contributed by atoms with E-state index in [1.54, 1.807) is 0 Å². The second kappa shape index (κ2) is 4.73. The zero-order chi connectivity index (χ0) is 15.1. The third-order valence-electron chi connectivity index (χ3n) is 4.48. The lowest BCUT2D eigenvalue weighted by Crippen LogP contribution is -2.54. The van der Waals surface area contributed by atoms with Gasteiger partial charge in [0.15, 0.2) is 16.7 Å². The standard InChI is InChI=1S/C15H23N3OSi/c1-12-14(20(5,6)15(2,3)4)17(16-18(12)19)13-10-8-7-9-11-13/h7-11H,1-6H3. The third-order valence-corrected chi connectivity index (χ3v) is 9.99. The van der Waals surface area contributed by atoms with Gasteiger partial charge in [-0.3, -0.25) is 0 Å². The van der Waals surface area contributed by atoms with Crippen LogP contribution in [-0.4, -0.2) is 18.0 Å². The topological polar surface area (TPSA) is 44.8 Å². The van der Waals surface area contributed by atoms with E-state index in [4.69, 9.17) is 0 Å². The zero-order valence-electron chi connectivity index (χ0n) is 13.1. The lowest BCUT2D eigenvalue weighted by Gasteiger charge is -2.34. The first-order valence-corrected chi connectivity index (χ1v) is 9.91. The first-order valence-electron chi connectivity index (χ1n) is 6.91. The Morgan fingerprint density at radius 3 is 2.20 bits per heavy atom. The minimum absolute atomic E-state index is 0.150. The summed E-state index contributed by atoms with van der Waals surface area (Å²) in [6.07, 6.45) is 0. The van der Waals surface area contributed by atoms with Crippen molar-refractivity contribution in [2.24, 2.45) is 0 Å². The van der Waals surface area contributed by atoms with Crippen LogP contribution in [0.3, 0.4) is 0 Å². The van der Waals surface area contributed by atoms with E-state index in [1.165, 1.54) is 0 Å². The molecule has 0 spiro atoms. The van der Waals surface area contributed by atoms with Crippen LogP contribution in [0.15, 0.2) is 30.3 Å². The molecule has 1 heterocycles. The van der Waals surface area contributed by atoms with Crippen LogP contribution in [0.5, 0.6) is 0 Å². The van der Waals surface area contributed by atoms with Crippen LogP contribution in [0.25, 0.3) is 5.69 Å². The Balaban J connectivity index is 2.71. The highest BCUT2D eigenvalue weighted by Crippen LogP contribution is 2.36. The lowest BCUT2D eigenvalue weighted by atomic mass is 10.2. The predicted octanol–water partition coefficient (Wildman–Crippen LogP) is 2.53. The Morgan fingerprint density at radius 2 is 1.70 bits per heavy atom. The van der Waals surface area contributed by atoms with Gasteiger partial charge in [0, 0.05) is 6.92 Å². The zero-order valence-corrected chi connectivity index (χ0v) is 14.1. The second-order valence-corrected chi connectivity index (χ2v) is 12.0. The summed E-state index contributed by atoms with van der Waals surface area (Å²) in [7, 11) is -1.85. The molecule has 20 heavy (non-hydrogen) atoms. The molecule has 2 aromatic rings. The van der Waals surface area contributed by atoms with Crippen molar-refractivity contribution >= 4 is 13.4 Å². The van der Waals surface area contributed by atoms with Gasteiger partial charge in [0.25, 0.3) is 0 Å². The van der Waals surface area contributed by atoms with Gasteiger partial charge in [0.2, 0.25) is 0 Å². The normalized spacial score (nSPS) is 12.7. The molecule has 0 fully saturated rings. The fraction of sp³-hybridized carbons (Fsp3) is 0.467. The molecule has 0 aliphatic rings. The van der Waals surface area contributed by atoms with Gasteiger partial charge in [-0.05, 0) is 17.2 Å². The highest BCUT2D eigenvalue weighted by atomic mass is 28.3. The molecule has 5 heteroatoms. The average molecular weight is 289 g/mol. The molecule has 4 nitrogen and oxygen atoms in total. The Labute approximate surface area is 121 Å². The molecule has 1 aromatic heterocycles. The number of benzene rings is 1. The molecule has 0 amide bonds. The quantitative estimate of drug-likeness (QED) is 0.484. The third kappa shape index (κ3) is 2.26. The second-order valence-electron chi connectivity index (χ2n) is 6.82. The van der Waals surface area contributed by atoms with Crippen molar-refractivity contribution in [2.75, 3.05) is 0 Å². The number of rotatable bonds is 2. The van der Waals surface area contributed by atoms with Crippen LogP contribution in [0, 0.1) is 12.1 Å². The van der Waals surface area contributed by atoms with Gasteiger partial charge in [0.05, 0.1) is 5.21 Å². The van der Waals surface area contributed by atoms with Gasteiger partial charge in [-0.2, -0.15) is 0 Å². The number of nitrogens with zero attached hydrogens (tertiary/aromatic N) is 3. The van der Waals surface area contributed by atoms with Gasteiger partial charge < -0.3 is 5.21 Å². The Bertz CT molecular complexity index is 612. The van der Waals surface area contributed by atoms with Crippen molar-refractivity contribution in [3.63, 3.8) is 0 Å². The van der Waals surface area contributed by atoms with Gasteiger partial charge in [-0.25, -0.2) is 0 Å². The maximum absolute atomic E-state index is 12.0. The Morgan fingerprint density at radius 1 is 1.15 bits per heavy atom. The fourth-order valence-corrected chi connectivity index (χ4v) is 4.67. The predicted molar refractivity (Wildman–Crippen MR) is 84.1 cm³/mol. The van der Waals surface area contributed by atoms with Crippen LogP contribution >= 0.6 is 0 Å². The average Bonchev–Trinajstić information content (AvgIpc) is 2.66. The molecule has 0 aliphatic heterocycles. The van der Waals surface area contributed by atoms with Crippen molar-refractivity contribution in [1.29, 1.82) is 0 Å². The minimum atomic E-state index is -1.85. The largest absolute Gasteiger partial charge is 0.691 e. The highest BCUT2D eigenvalue weighted by Gasteiger charge is 2.45. The van der Waals surface area contributed by atoms with Gasteiger partial charge in [-0.15, -0.1) is 9.53 Å². The molecular weight excluding hydrogens is 266 g/mol. The van der Waals surface area contributed by atoms with Crippen LogP contribution < -0.4 is 10.2 Å². The highest BCUT2D eigenvalue weighted by molar-refractivity contribution is 6.91. The monoisotopic (exact) mass is 289 g/mol. The summed E-state index contributed by atoms with van der Waals surface area (Å²) in [5.41, 5.74) is 1.67. The molecule has 0 unspecified atom stereocenters. The van der Waals surface area contributed by atoms with E-state index in [2.05, 4.69) is 39.1 Å². The summed E-state index contributed by atoms with van der Waals surface area (Å²) >= 11 is 0. The number of hydrogen-bond acceptors (Lipinski definition) is 2. The lowest BCUT2D eigenvalue weighted by molar-refractivity contribution is -0.675. The van der Waals surface area contributed by atoms with Crippen LogP contribution in [0.4, 0.5) is 0 Å². The summed E-state index contributed by atoms with van der Waals surface area (Å²) in [5.74, 6) is 0. The van der Waals surface area contributed by atoms with Crippen molar-refractivity contribution in [3.8, 4) is 5.69 Å². The molecule has 0 saturated carbocycles.